The number of halogens is 1. The van der Waals surface area contributed by atoms with Crippen LogP contribution in [0.2, 0.25) is 0 Å². The second kappa shape index (κ2) is 6.97. The molecule has 3 heteroatoms. The Labute approximate surface area is 140 Å². The van der Waals surface area contributed by atoms with Gasteiger partial charge in [0.1, 0.15) is 0 Å². The van der Waals surface area contributed by atoms with Crippen molar-refractivity contribution in [2.45, 2.75) is 53.0 Å². The molecule has 0 atom stereocenters. The van der Waals surface area contributed by atoms with Crippen LogP contribution in [0, 0.1) is 6.92 Å². The van der Waals surface area contributed by atoms with Gasteiger partial charge in [0.05, 0.1) is 0 Å². The van der Waals surface area contributed by atoms with E-state index in [2.05, 4.69) is 80.1 Å². The number of hydrogen-bond acceptors (Lipinski definition) is 2. The zero-order valence-electron chi connectivity index (χ0n) is 13.5. The van der Waals surface area contributed by atoms with Crippen LogP contribution in [0.4, 0.5) is 5.69 Å². The van der Waals surface area contributed by atoms with Gasteiger partial charge in [0.2, 0.25) is 0 Å². The van der Waals surface area contributed by atoms with E-state index in [9.17, 15) is 0 Å². The summed E-state index contributed by atoms with van der Waals surface area (Å²) in [4.78, 5) is 2.70. The van der Waals surface area contributed by atoms with Gasteiger partial charge in [-0.3, -0.25) is 0 Å². The van der Waals surface area contributed by atoms with Crippen LogP contribution in [0.25, 0.3) is 0 Å². The van der Waals surface area contributed by atoms with Gasteiger partial charge in [-0.2, -0.15) is 0 Å². The first-order valence-electron chi connectivity index (χ1n) is 7.51. The minimum absolute atomic E-state index is 0.531. The molecule has 0 amide bonds. The van der Waals surface area contributed by atoms with Crippen LogP contribution in [0.3, 0.4) is 0 Å². The van der Waals surface area contributed by atoms with E-state index in [-0.39, 0.29) is 0 Å². The molecule has 1 aromatic heterocycles. The lowest BCUT2D eigenvalue weighted by Crippen LogP contribution is -2.03. The zero-order valence-corrected chi connectivity index (χ0v) is 15.9. The van der Waals surface area contributed by atoms with E-state index in [0.717, 1.165) is 6.54 Å². The minimum Gasteiger partial charge on any atom is -0.380 e. The Balaban J connectivity index is 2.19. The molecule has 0 saturated carbocycles. The summed E-state index contributed by atoms with van der Waals surface area (Å²) in [6.45, 7) is 12.1. The number of benzene rings is 1. The number of rotatable bonds is 5. The fourth-order valence-electron chi connectivity index (χ4n) is 2.37. The summed E-state index contributed by atoms with van der Waals surface area (Å²) >= 11 is 5.43. The van der Waals surface area contributed by atoms with Crippen LogP contribution in [-0.4, -0.2) is 0 Å². The van der Waals surface area contributed by atoms with Crippen LogP contribution >= 0.6 is 27.3 Å². The van der Waals surface area contributed by atoms with Crippen molar-refractivity contribution >= 4 is 33.0 Å². The zero-order chi connectivity index (χ0) is 15.6. The molecule has 21 heavy (non-hydrogen) atoms. The van der Waals surface area contributed by atoms with E-state index in [0.29, 0.717) is 11.8 Å². The summed E-state index contributed by atoms with van der Waals surface area (Å²) < 4.78 is 1.21. The van der Waals surface area contributed by atoms with Crippen LogP contribution in [0.1, 0.15) is 60.4 Å². The van der Waals surface area contributed by atoms with Crippen molar-refractivity contribution in [3.63, 3.8) is 0 Å². The molecule has 1 aromatic carbocycles. The molecule has 0 bridgehead atoms. The number of aryl methyl sites for hydroxylation is 1. The van der Waals surface area contributed by atoms with Crippen LogP contribution in [0.5, 0.6) is 0 Å². The molecule has 0 aliphatic rings. The molecule has 0 radical (unpaired) electrons. The summed E-state index contributed by atoms with van der Waals surface area (Å²) in [5, 5.41) is 3.61. The van der Waals surface area contributed by atoms with Crippen molar-refractivity contribution in [1.29, 1.82) is 0 Å². The van der Waals surface area contributed by atoms with Crippen molar-refractivity contribution in [2.24, 2.45) is 0 Å². The number of thiophene rings is 1. The summed E-state index contributed by atoms with van der Waals surface area (Å²) in [5.41, 5.74) is 4.09. The van der Waals surface area contributed by atoms with Crippen molar-refractivity contribution < 1.29 is 0 Å². The molecular formula is C18H24BrNS. The van der Waals surface area contributed by atoms with Gasteiger partial charge in [-0.1, -0.05) is 39.8 Å². The molecule has 0 spiro atoms. The molecule has 0 aliphatic carbocycles. The molecule has 2 rings (SSSR count). The van der Waals surface area contributed by atoms with E-state index < -0.39 is 0 Å². The van der Waals surface area contributed by atoms with Crippen molar-refractivity contribution in [3.8, 4) is 0 Å². The van der Waals surface area contributed by atoms with E-state index in [4.69, 9.17) is 0 Å². The van der Waals surface area contributed by atoms with E-state index in [1.807, 2.05) is 11.3 Å². The third-order valence-electron chi connectivity index (χ3n) is 3.73. The third-order valence-corrected chi connectivity index (χ3v) is 5.86. The molecule has 0 fully saturated rings. The molecule has 0 aliphatic heterocycles. The van der Waals surface area contributed by atoms with Crippen LogP contribution in [0.15, 0.2) is 28.7 Å². The second-order valence-electron chi connectivity index (χ2n) is 6.13. The fourth-order valence-corrected chi connectivity index (χ4v) is 3.91. The molecule has 0 saturated heterocycles. The Morgan fingerprint density at radius 2 is 1.81 bits per heavy atom. The van der Waals surface area contributed by atoms with Gasteiger partial charge in [-0.25, -0.2) is 0 Å². The summed E-state index contributed by atoms with van der Waals surface area (Å²) in [6.07, 6.45) is 0. The lowest BCUT2D eigenvalue weighted by molar-refractivity contribution is 0.833. The van der Waals surface area contributed by atoms with E-state index >= 15 is 0 Å². The lowest BCUT2D eigenvalue weighted by atomic mass is 9.94. The number of nitrogens with one attached hydrogen (secondary N) is 1. The first-order valence-corrected chi connectivity index (χ1v) is 9.12. The fraction of sp³-hybridized carbons (Fsp3) is 0.444. The summed E-state index contributed by atoms with van der Waals surface area (Å²) in [6, 6.07) is 9.05. The van der Waals surface area contributed by atoms with Gasteiger partial charge in [0, 0.05) is 26.5 Å². The molecular weight excluding hydrogens is 342 g/mol. The monoisotopic (exact) mass is 365 g/mol. The highest BCUT2D eigenvalue weighted by molar-refractivity contribution is 9.10. The topological polar surface area (TPSA) is 12.0 Å². The second-order valence-corrected chi connectivity index (χ2v) is 8.32. The molecule has 1 nitrogen and oxygen atoms in total. The molecule has 1 N–H and O–H groups in total. The van der Waals surface area contributed by atoms with Gasteiger partial charge >= 0.3 is 0 Å². The Hall–Kier alpha value is -0.800. The Bertz CT molecular complexity index is 594. The van der Waals surface area contributed by atoms with Gasteiger partial charge < -0.3 is 5.32 Å². The summed E-state index contributed by atoms with van der Waals surface area (Å²) in [7, 11) is 0. The average Bonchev–Trinajstić information content (AvgIpc) is 2.75. The van der Waals surface area contributed by atoms with Gasteiger partial charge in [-0.05, 0) is 57.9 Å². The SMILES string of the molecule is Cc1sc(CNc2ccc(C(C)C)cc2C(C)C)cc1Br. The average molecular weight is 366 g/mol. The third kappa shape index (κ3) is 4.10. The smallest absolute Gasteiger partial charge is 0.0494 e. The largest absolute Gasteiger partial charge is 0.380 e. The van der Waals surface area contributed by atoms with E-state index in [1.54, 1.807) is 0 Å². The maximum Gasteiger partial charge on any atom is 0.0494 e. The predicted octanol–water partition coefficient (Wildman–Crippen LogP) is 6.68. The highest BCUT2D eigenvalue weighted by Gasteiger charge is 2.10. The molecule has 1 heterocycles. The number of anilines is 1. The normalized spacial score (nSPS) is 11.4. The quantitative estimate of drug-likeness (QED) is 0.622. The molecule has 2 aromatic rings. The first kappa shape index (κ1) is 16.6. The highest BCUT2D eigenvalue weighted by atomic mass is 79.9. The van der Waals surface area contributed by atoms with Gasteiger partial charge in [0.25, 0.3) is 0 Å². The van der Waals surface area contributed by atoms with Crippen molar-refractivity contribution in [1.82, 2.24) is 0 Å². The highest BCUT2D eigenvalue weighted by Crippen LogP contribution is 2.30. The molecule has 114 valence electrons. The predicted molar refractivity (Wildman–Crippen MR) is 98.7 cm³/mol. The Morgan fingerprint density at radius 1 is 1.10 bits per heavy atom. The van der Waals surface area contributed by atoms with Gasteiger partial charge in [0.15, 0.2) is 0 Å². The lowest BCUT2D eigenvalue weighted by Gasteiger charge is -2.17. The van der Waals surface area contributed by atoms with Crippen molar-refractivity contribution in [2.75, 3.05) is 5.32 Å². The molecule has 0 unspecified atom stereocenters. The van der Waals surface area contributed by atoms with Gasteiger partial charge in [-0.15, -0.1) is 11.3 Å². The number of hydrogen-bond donors (Lipinski definition) is 1. The minimum atomic E-state index is 0.531. The van der Waals surface area contributed by atoms with Crippen LogP contribution < -0.4 is 5.32 Å². The maximum absolute atomic E-state index is 3.61. The van der Waals surface area contributed by atoms with Crippen LogP contribution in [-0.2, 0) is 6.54 Å². The Morgan fingerprint density at radius 3 is 2.33 bits per heavy atom. The van der Waals surface area contributed by atoms with E-state index in [1.165, 1.54) is 31.0 Å². The first-order chi connectivity index (χ1) is 9.88. The standard InChI is InChI=1S/C18H24BrNS/c1-11(2)14-6-7-18(16(8-14)12(3)4)20-10-15-9-17(19)13(5)21-15/h6-9,11-12,20H,10H2,1-5H3. The maximum atomic E-state index is 3.61. The van der Waals surface area contributed by atoms with Crippen molar-refractivity contribution in [3.05, 3.63) is 49.6 Å². The summed E-state index contributed by atoms with van der Waals surface area (Å²) in [5.74, 6) is 1.11. The Kier molecular flexibility index (Phi) is 5.50.